The minimum absolute atomic E-state index is 0.0631. The fraction of sp³-hybridized carbons (Fsp3) is 0.500. The van der Waals surface area contributed by atoms with Crippen molar-refractivity contribution in [3.63, 3.8) is 0 Å². The molecule has 1 aromatic carbocycles. The molecule has 1 amide bonds. The molecule has 0 atom stereocenters. The summed E-state index contributed by atoms with van der Waals surface area (Å²) in [7, 11) is 1.88. The van der Waals surface area contributed by atoms with E-state index >= 15 is 0 Å². The number of benzene rings is 1. The van der Waals surface area contributed by atoms with Crippen molar-refractivity contribution in [3.8, 4) is 11.8 Å². The zero-order valence-electron chi connectivity index (χ0n) is 12.3. The number of nitrogens with one attached hydrogen (secondary N) is 2. The van der Waals surface area contributed by atoms with Crippen molar-refractivity contribution in [1.29, 1.82) is 5.26 Å². The minimum atomic E-state index is -0.686. The highest BCUT2D eigenvalue weighted by molar-refractivity contribution is 5.79. The van der Waals surface area contributed by atoms with Crippen LogP contribution in [0.5, 0.6) is 5.75 Å². The van der Waals surface area contributed by atoms with Crippen LogP contribution in [0.4, 0.5) is 0 Å². The summed E-state index contributed by atoms with van der Waals surface area (Å²) in [5.74, 6) is 0.424. The molecule has 1 aliphatic carbocycles. The molecular formula is C16H21N3O2. The fourth-order valence-corrected chi connectivity index (χ4v) is 2.64. The molecule has 0 spiro atoms. The molecule has 1 aliphatic rings. The van der Waals surface area contributed by atoms with Gasteiger partial charge >= 0.3 is 0 Å². The molecule has 1 saturated carbocycles. The van der Waals surface area contributed by atoms with Crippen molar-refractivity contribution in [2.75, 3.05) is 13.7 Å². The maximum atomic E-state index is 11.9. The predicted molar refractivity (Wildman–Crippen MR) is 79.7 cm³/mol. The summed E-state index contributed by atoms with van der Waals surface area (Å²) in [6.07, 6.45) is 3.43. The van der Waals surface area contributed by atoms with Crippen molar-refractivity contribution in [2.24, 2.45) is 0 Å². The van der Waals surface area contributed by atoms with Gasteiger partial charge in [-0.15, -0.1) is 0 Å². The van der Waals surface area contributed by atoms with Gasteiger partial charge in [0.05, 0.1) is 6.07 Å². The second kappa shape index (κ2) is 7.09. The summed E-state index contributed by atoms with van der Waals surface area (Å²) >= 11 is 0. The maximum Gasteiger partial charge on any atom is 0.259 e. The first-order chi connectivity index (χ1) is 10.2. The minimum Gasteiger partial charge on any atom is -0.484 e. The van der Waals surface area contributed by atoms with E-state index in [4.69, 9.17) is 4.74 Å². The summed E-state index contributed by atoms with van der Waals surface area (Å²) in [5.41, 5.74) is 0.411. The highest BCUT2D eigenvalue weighted by Crippen LogP contribution is 2.28. The lowest BCUT2D eigenvalue weighted by atomic mass is 10.00. The summed E-state index contributed by atoms with van der Waals surface area (Å²) < 4.78 is 5.51. The molecule has 112 valence electrons. The first-order valence-corrected chi connectivity index (χ1v) is 7.26. The van der Waals surface area contributed by atoms with Gasteiger partial charge in [0.25, 0.3) is 5.91 Å². The van der Waals surface area contributed by atoms with Crippen LogP contribution in [-0.4, -0.2) is 25.1 Å². The van der Waals surface area contributed by atoms with Crippen molar-refractivity contribution < 1.29 is 9.53 Å². The largest absolute Gasteiger partial charge is 0.484 e. The third kappa shape index (κ3) is 4.20. The number of rotatable bonds is 6. The molecule has 1 fully saturated rings. The van der Waals surface area contributed by atoms with E-state index in [1.54, 1.807) is 0 Å². The molecule has 2 rings (SSSR count). The van der Waals surface area contributed by atoms with Crippen LogP contribution in [-0.2, 0) is 11.3 Å². The predicted octanol–water partition coefficient (Wildman–Crippen LogP) is 1.74. The van der Waals surface area contributed by atoms with Gasteiger partial charge < -0.3 is 15.4 Å². The Balaban J connectivity index is 1.86. The van der Waals surface area contributed by atoms with Crippen LogP contribution in [0.25, 0.3) is 0 Å². The third-order valence-corrected chi connectivity index (χ3v) is 3.70. The SMILES string of the molecule is CNCc1cccc(OCC(=O)NC2(C#N)CCCC2)c1. The second-order valence-corrected chi connectivity index (χ2v) is 5.42. The number of nitrogens with zero attached hydrogens (tertiary/aromatic N) is 1. The van der Waals surface area contributed by atoms with E-state index in [9.17, 15) is 10.1 Å². The monoisotopic (exact) mass is 287 g/mol. The number of hydrogen-bond donors (Lipinski definition) is 2. The molecule has 21 heavy (non-hydrogen) atoms. The average Bonchev–Trinajstić information content (AvgIpc) is 2.95. The van der Waals surface area contributed by atoms with Crippen LogP contribution >= 0.6 is 0 Å². The molecule has 0 bridgehead atoms. The molecule has 0 unspecified atom stereocenters. The molecule has 0 heterocycles. The van der Waals surface area contributed by atoms with Gasteiger partial charge in [0, 0.05) is 6.54 Å². The van der Waals surface area contributed by atoms with Crippen LogP contribution in [0.1, 0.15) is 31.2 Å². The normalized spacial score (nSPS) is 16.2. The van der Waals surface area contributed by atoms with Crippen molar-refractivity contribution in [3.05, 3.63) is 29.8 Å². The summed E-state index contributed by atoms with van der Waals surface area (Å²) in [4.78, 5) is 11.9. The molecule has 1 aromatic rings. The number of hydrogen-bond acceptors (Lipinski definition) is 4. The molecular weight excluding hydrogens is 266 g/mol. The zero-order chi connectivity index (χ0) is 15.1. The van der Waals surface area contributed by atoms with Gasteiger partial charge in [-0.1, -0.05) is 12.1 Å². The molecule has 0 aliphatic heterocycles. The molecule has 2 N–H and O–H groups in total. The van der Waals surface area contributed by atoms with Crippen LogP contribution < -0.4 is 15.4 Å². The Morgan fingerprint density at radius 3 is 2.86 bits per heavy atom. The lowest BCUT2D eigenvalue weighted by Crippen LogP contribution is -2.47. The van der Waals surface area contributed by atoms with Gasteiger partial charge in [-0.05, 0) is 50.4 Å². The van der Waals surface area contributed by atoms with Gasteiger partial charge in [-0.25, -0.2) is 0 Å². The van der Waals surface area contributed by atoms with Gasteiger partial charge in [-0.3, -0.25) is 4.79 Å². The third-order valence-electron chi connectivity index (χ3n) is 3.70. The van der Waals surface area contributed by atoms with Gasteiger partial charge in [0.15, 0.2) is 6.61 Å². The lowest BCUT2D eigenvalue weighted by molar-refractivity contribution is -0.124. The molecule has 0 radical (unpaired) electrons. The first-order valence-electron chi connectivity index (χ1n) is 7.26. The molecule has 0 aromatic heterocycles. The topological polar surface area (TPSA) is 74.2 Å². The second-order valence-electron chi connectivity index (χ2n) is 5.42. The summed E-state index contributed by atoms with van der Waals surface area (Å²) in [6, 6.07) is 9.85. The van der Waals surface area contributed by atoms with Crippen LogP contribution in [0, 0.1) is 11.3 Å². The Labute approximate surface area is 125 Å². The molecule has 5 heteroatoms. The van der Waals surface area contributed by atoms with E-state index in [1.165, 1.54) is 0 Å². The van der Waals surface area contributed by atoms with E-state index in [1.807, 2.05) is 31.3 Å². The maximum absolute atomic E-state index is 11.9. The quantitative estimate of drug-likeness (QED) is 0.835. The number of amides is 1. The van der Waals surface area contributed by atoms with Gasteiger partial charge in [0.1, 0.15) is 11.3 Å². The number of carbonyl (C=O) groups is 1. The van der Waals surface area contributed by atoms with Gasteiger partial charge in [-0.2, -0.15) is 5.26 Å². The number of carbonyl (C=O) groups excluding carboxylic acids is 1. The average molecular weight is 287 g/mol. The van der Waals surface area contributed by atoms with Crippen LogP contribution in [0.15, 0.2) is 24.3 Å². The standard InChI is InChI=1S/C16H21N3O2/c1-18-10-13-5-4-6-14(9-13)21-11-15(20)19-16(12-17)7-2-3-8-16/h4-6,9,18H,2-3,7-8,10-11H2,1H3,(H,19,20). The fourth-order valence-electron chi connectivity index (χ4n) is 2.64. The summed E-state index contributed by atoms with van der Waals surface area (Å²) in [6.45, 7) is 0.688. The van der Waals surface area contributed by atoms with Gasteiger partial charge in [0.2, 0.25) is 0 Å². The summed E-state index contributed by atoms with van der Waals surface area (Å²) in [5, 5.41) is 15.1. The first kappa shape index (κ1) is 15.3. The van der Waals surface area contributed by atoms with E-state index in [0.29, 0.717) is 5.75 Å². The van der Waals surface area contributed by atoms with E-state index in [-0.39, 0.29) is 12.5 Å². The number of nitriles is 1. The Morgan fingerprint density at radius 2 is 2.19 bits per heavy atom. The molecule has 0 saturated heterocycles. The van der Waals surface area contributed by atoms with Crippen molar-refractivity contribution in [1.82, 2.24) is 10.6 Å². The Bertz CT molecular complexity index is 531. The Morgan fingerprint density at radius 1 is 1.43 bits per heavy atom. The van der Waals surface area contributed by atoms with E-state index in [0.717, 1.165) is 37.8 Å². The smallest absolute Gasteiger partial charge is 0.259 e. The zero-order valence-corrected chi connectivity index (χ0v) is 12.3. The van der Waals surface area contributed by atoms with Crippen LogP contribution in [0.2, 0.25) is 0 Å². The van der Waals surface area contributed by atoms with Crippen LogP contribution in [0.3, 0.4) is 0 Å². The highest BCUT2D eigenvalue weighted by atomic mass is 16.5. The van der Waals surface area contributed by atoms with E-state index in [2.05, 4.69) is 16.7 Å². The number of ether oxygens (including phenoxy) is 1. The Hall–Kier alpha value is -2.06. The van der Waals surface area contributed by atoms with Crippen molar-refractivity contribution in [2.45, 2.75) is 37.8 Å². The van der Waals surface area contributed by atoms with E-state index < -0.39 is 5.54 Å². The molecule has 5 nitrogen and oxygen atoms in total. The Kier molecular flexibility index (Phi) is 5.18. The van der Waals surface area contributed by atoms with Crippen molar-refractivity contribution >= 4 is 5.91 Å². The highest BCUT2D eigenvalue weighted by Gasteiger charge is 2.35. The lowest BCUT2D eigenvalue weighted by Gasteiger charge is -2.21.